The molecule has 0 atom stereocenters. The molecule has 0 bridgehead atoms. The topological polar surface area (TPSA) is 99.3 Å². The number of nitrogens with one attached hydrogen (secondary N) is 2. The number of anilines is 1. The summed E-state index contributed by atoms with van der Waals surface area (Å²) < 4.78 is 24.9. The maximum absolute atomic E-state index is 12.5. The number of sulfonamides is 1. The number of hydrogen-bond acceptors (Lipinski definition) is 4. The first kappa shape index (κ1) is 17.3. The zero-order chi connectivity index (χ0) is 19.0. The van der Waals surface area contributed by atoms with Crippen molar-refractivity contribution in [3.63, 3.8) is 0 Å². The van der Waals surface area contributed by atoms with Gasteiger partial charge in [-0.2, -0.15) is 0 Å². The smallest absolute Gasteiger partial charge is 0.251 e. The van der Waals surface area contributed by atoms with Gasteiger partial charge in [-0.05, 0) is 29.8 Å². The Balaban J connectivity index is 1.54. The molecule has 1 aliphatic rings. The van der Waals surface area contributed by atoms with Crippen LogP contribution in [0.1, 0.15) is 22.3 Å². The largest absolute Gasteiger partial charge is 0.361 e. The number of rotatable bonds is 4. The van der Waals surface area contributed by atoms with Crippen LogP contribution in [0.2, 0.25) is 0 Å². The highest BCUT2D eigenvalue weighted by Crippen LogP contribution is 2.26. The SMILES string of the molecule is O=C(NCc1c[nH]c2ccccc12)c1cccc(N2C(=O)CCS2(=O)=O)c1. The van der Waals surface area contributed by atoms with Crippen molar-refractivity contribution in [1.29, 1.82) is 0 Å². The van der Waals surface area contributed by atoms with E-state index >= 15 is 0 Å². The maximum Gasteiger partial charge on any atom is 0.251 e. The van der Waals surface area contributed by atoms with E-state index in [1.807, 2.05) is 30.5 Å². The zero-order valence-corrected chi connectivity index (χ0v) is 15.1. The minimum atomic E-state index is -3.66. The van der Waals surface area contributed by atoms with Crippen LogP contribution >= 0.6 is 0 Å². The van der Waals surface area contributed by atoms with Crippen molar-refractivity contribution in [3.8, 4) is 0 Å². The van der Waals surface area contributed by atoms with Gasteiger partial charge in [0, 0.05) is 35.6 Å². The van der Waals surface area contributed by atoms with Gasteiger partial charge in [0.1, 0.15) is 0 Å². The monoisotopic (exact) mass is 383 g/mol. The molecule has 0 aliphatic carbocycles. The van der Waals surface area contributed by atoms with Crippen LogP contribution < -0.4 is 9.62 Å². The summed E-state index contributed by atoms with van der Waals surface area (Å²) in [7, 11) is -3.66. The fourth-order valence-corrected chi connectivity index (χ4v) is 4.65. The van der Waals surface area contributed by atoms with Gasteiger partial charge < -0.3 is 10.3 Å². The van der Waals surface area contributed by atoms with Crippen LogP contribution in [0.3, 0.4) is 0 Å². The van der Waals surface area contributed by atoms with Crippen molar-refractivity contribution in [3.05, 3.63) is 65.9 Å². The minimum absolute atomic E-state index is 0.0423. The van der Waals surface area contributed by atoms with Crippen molar-refractivity contribution in [2.24, 2.45) is 0 Å². The summed E-state index contributed by atoms with van der Waals surface area (Å²) in [5.41, 5.74) is 2.42. The molecule has 0 saturated carbocycles. The fraction of sp³-hybridized carbons (Fsp3) is 0.158. The first-order valence-corrected chi connectivity index (χ1v) is 10.1. The van der Waals surface area contributed by atoms with Gasteiger partial charge in [-0.1, -0.05) is 24.3 Å². The molecule has 27 heavy (non-hydrogen) atoms. The van der Waals surface area contributed by atoms with E-state index in [0.717, 1.165) is 20.8 Å². The molecule has 0 unspecified atom stereocenters. The van der Waals surface area contributed by atoms with Crippen LogP contribution in [0.5, 0.6) is 0 Å². The number of fused-ring (bicyclic) bond motifs is 1. The average molecular weight is 383 g/mol. The number of amides is 2. The molecular formula is C19H17N3O4S. The van der Waals surface area contributed by atoms with Gasteiger partial charge in [0.15, 0.2) is 0 Å². The van der Waals surface area contributed by atoms with Crippen molar-refractivity contribution < 1.29 is 18.0 Å². The highest BCUT2D eigenvalue weighted by Gasteiger charge is 2.36. The van der Waals surface area contributed by atoms with E-state index in [1.54, 1.807) is 12.1 Å². The number of hydrogen-bond donors (Lipinski definition) is 2. The van der Waals surface area contributed by atoms with Crippen LogP contribution in [-0.4, -0.2) is 31.0 Å². The second-order valence-electron chi connectivity index (χ2n) is 6.32. The second kappa shape index (κ2) is 6.55. The highest BCUT2D eigenvalue weighted by molar-refractivity contribution is 7.94. The maximum atomic E-state index is 12.5. The molecule has 2 heterocycles. The third kappa shape index (κ3) is 3.19. The molecule has 1 saturated heterocycles. The standard InChI is InChI=1S/C19H17N3O4S/c23-18-8-9-27(25,26)22(18)15-5-3-4-13(10-15)19(24)21-12-14-11-20-17-7-2-1-6-16(14)17/h1-7,10-11,20H,8-9,12H2,(H,21,24). The van der Waals surface area contributed by atoms with Gasteiger partial charge in [0.25, 0.3) is 5.91 Å². The predicted octanol–water partition coefficient (Wildman–Crippen LogP) is 2.16. The Morgan fingerprint density at radius 1 is 1.15 bits per heavy atom. The number of carbonyl (C=O) groups excluding carboxylic acids is 2. The van der Waals surface area contributed by atoms with Crippen molar-refractivity contribution >= 4 is 38.4 Å². The number of carbonyl (C=O) groups is 2. The summed E-state index contributed by atoms with van der Waals surface area (Å²) in [6, 6.07) is 13.9. The molecular weight excluding hydrogens is 366 g/mol. The van der Waals surface area contributed by atoms with Crippen LogP contribution in [0.15, 0.2) is 54.7 Å². The molecule has 4 rings (SSSR count). The number of H-pyrrole nitrogens is 1. The lowest BCUT2D eigenvalue weighted by Gasteiger charge is -2.15. The molecule has 0 spiro atoms. The number of aromatic amines is 1. The summed E-state index contributed by atoms with van der Waals surface area (Å²) in [5, 5.41) is 3.86. The van der Waals surface area contributed by atoms with Gasteiger partial charge in [-0.3, -0.25) is 9.59 Å². The first-order chi connectivity index (χ1) is 13.0. The summed E-state index contributed by atoms with van der Waals surface area (Å²) in [6.45, 7) is 0.327. The van der Waals surface area contributed by atoms with E-state index in [9.17, 15) is 18.0 Å². The molecule has 2 amide bonds. The Bertz CT molecular complexity index is 1150. The lowest BCUT2D eigenvalue weighted by Crippen LogP contribution is -2.30. The molecule has 2 N–H and O–H groups in total. The lowest BCUT2D eigenvalue weighted by molar-refractivity contribution is -0.116. The molecule has 3 aromatic rings. The Morgan fingerprint density at radius 3 is 2.74 bits per heavy atom. The van der Waals surface area contributed by atoms with Crippen molar-refractivity contribution in [2.45, 2.75) is 13.0 Å². The Kier molecular flexibility index (Phi) is 4.19. The molecule has 8 heteroatoms. The van der Waals surface area contributed by atoms with Crippen molar-refractivity contribution in [1.82, 2.24) is 10.3 Å². The summed E-state index contributed by atoms with van der Waals surface area (Å²) >= 11 is 0. The lowest BCUT2D eigenvalue weighted by atomic mass is 10.1. The van der Waals surface area contributed by atoms with E-state index in [2.05, 4.69) is 10.3 Å². The van der Waals surface area contributed by atoms with Gasteiger partial charge in [0.05, 0.1) is 11.4 Å². The zero-order valence-electron chi connectivity index (χ0n) is 14.3. The van der Waals surface area contributed by atoms with Crippen molar-refractivity contribution in [2.75, 3.05) is 10.1 Å². The third-order valence-electron chi connectivity index (χ3n) is 4.54. The van der Waals surface area contributed by atoms with E-state index in [4.69, 9.17) is 0 Å². The van der Waals surface area contributed by atoms with E-state index < -0.39 is 15.9 Å². The number of para-hydroxylation sites is 1. The number of nitrogens with zero attached hydrogens (tertiary/aromatic N) is 1. The van der Waals surface area contributed by atoms with E-state index in [1.165, 1.54) is 12.1 Å². The minimum Gasteiger partial charge on any atom is -0.361 e. The molecule has 0 radical (unpaired) electrons. The number of aromatic nitrogens is 1. The van der Waals surface area contributed by atoms with Crippen LogP contribution in [0.4, 0.5) is 5.69 Å². The molecule has 138 valence electrons. The van der Waals surface area contributed by atoms with Crippen LogP contribution in [0, 0.1) is 0 Å². The number of benzene rings is 2. The quantitative estimate of drug-likeness (QED) is 0.721. The molecule has 7 nitrogen and oxygen atoms in total. The Labute approximate surface area is 156 Å². The molecule has 1 aromatic heterocycles. The van der Waals surface area contributed by atoms with Gasteiger partial charge in [-0.25, -0.2) is 12.7 Å². The Morgan fingerprint density at radius 2 is 1.96 bits per heavy atom. The summed E-state index contributed by atoms with van der Waals surface area (Å²) in [5.74, 6) is -1.03. The third-order valence-corrected chi connectivity index (χ3v) is 6.23. The molecule has 1 aliphatic heterocycles. The van der Waals surface area contributed by atoms with E-state index in [0.29, 0.717) is 12.1 Å². The fourth-order valence-electron chi connectivity index (χ4n) is 3.20. The molecule has 1 fully saturated rings. The van der Waals surface area contributed by atoms with Gasteiger partial charge in [0.2, 0.25) is 15.9 Å². The summed E-state index contributed by atoms with van der Waals surface area (Å²) in [4.78, 5) is 27.6. The Hall–Kier alpha value is -3.13. The summed E-state index contributed by atoms with van der Waals surface area (Å²) in [6.07, 6.45) is 1.80. The van der Waals surface area contributed by atoms with E-state index in [-0.39, 0.29) is 23.8 Å². The second-order valence-corrected chi connectivity index (χ2v) is 8.25. The van der Waals surface area contributed by atoms with Gasteiger partial charge in [-0.15, -0.1) is 0 Å². The predicted molar refractivity (Wildman–Crippen MR) is 102 cm³/mol. The van der Waals surface area contributed by atoms with Crippen LogP contribution in [-0.2, 0) is 21.4 Å². The normalized spacial score (nSPS) is 16.0. The first-order valence-electron chi connectivity index (χ1n) is 8.45. The average Bonchev–Trinajstić information content (AvgIpc) is 3.20. The highest BCUT2D eigenvalue weighted by atomic mass is 32.2. The van der Waals surface area contributed by atoms with Crippen LogP contribution in [0.25, 0.3) is 10.9 Å². The molecule has 2 aromatic carbocycles. The van der Waals surface area contributed by atoms with Gasteiger partial charge >= 0.3 is 0 Å².